The average molecular weight is 309 g/mol. The van der Waals surface area contributed by atoms with Crippen LogP contribution in [0.5, 0.6) is 0 Å². The molecule has 2 aromatic heterocycles. The van der Waals surface area contributed by atoms with Crippen molar-refractivity contribution in [1.82, 2.24) is 14.9 Å². The van der Waals surface area contributed by atoms with Gasteiger partial charge in [0, 0.05) is 13.6 Å². The number of rotatable bonds is 5. The van der Waals surface area contributed by atoms with E-state index in [1.54, 1.807) is 20.0 Å². The predicted octanol–water partition coefficient (Wildman–Crippen LogP) is 1.78. The van der Waals surface area contributed by atoms with Gasteiger partial charge in [0.05, 0.1) is 10.8 Å². The summed E-state index contributed by atoms with van der Waals surface area (Å²) in [5.41, 5.74) is 0.602. The summed E-state index contributed by atoms with van der Waals surface area (Å²) in [4.78, 5) is 28.4. The van der Waals surface area contributed by atoms with Crippen molar-refractivity contribution in [3.8, 4) is 0 Å². The minimum absolute atomic E-state index is 0.0776. The predicted molar refractivity (Wildman–Crippen MR) is 83.4 cm³/mol. The lowest BCUT2D eigenvalue weighted by atomic mass is 10.4. The molecule has 0 radical (unpaired) electrons. The average Bonchev–Trinajstić information content (AvgIpc) is 2.90. The number of aromatic nitrogens is 2. The molecule has 20 heavy (non-hydrogen) atoms. The Morgan fingerprint density at radius 1 is 1.70 bits per heavy atom. The van der Waals surface area contributed by atoms with Gasteiger partial charge in [-0.15, -0.1) is 17.9 Å². The Bertz CT molecular complexity index is 705. The molecule has 5 nitrogen and oxygen atoms in total. The van der Waals surface area contributed by atoms with Crippen LogP contribution >= 0.6 is 23.1 Å². The summed E-state index contributed by atoms with van der Waals surface area (Å²) in [6.45, 7) is 5.77. The number of carbonyl (C=O) groups excluding carboxylic acids is 1. The lowest BCUT2D eigenvalue weighted by Gasteiger charge is -2.12. The maximum absolute atomic E-state index is 12.1. The van der Waals surface area contributed by atoms with E-state index >= 15 is 0 Å². The topological polar surface area (TPSA) is 64.0 Å². The Morgan fingerprint density at radius 2 is 2.45 bits per heavy atom. The normalized spacial score (nSPS) is 12.3. The van der Waals surface area contributed by atoms with Gasteiger partial charge in [0.15, 0.2) is 5.16 Å². The van der Waals surface area contributed by atoms with Gasteiger partial charge >= 0.3 is 0 Å². The molecule has 0 aliphatic carbocycles. The molecule has 0 fully saturated rings. The lowest BCUT2D eigenvalue weighted by Crippen LogP contribution is -2.31. The molecule has 0 saturated carbocycles. The zero-order valence-corrected chi connectivity index (χ0v) is 12.9. The van der Waals surface area contributed by atoms with E-state index in [9.17, 15) is 9.59 Å². The second-order valence-corrected chi connectivity index (χ2v) is 6.41. The molecule has 7 heteroatoms. The minimum Gasteiger partial charge on any atom is -0.352 e. The third kappa shape index (κ3) is 2.94. The van der Waals surface area contributed by atoms with Crippen LogP contribution in [0, 0.1) is 0 Å². The van der Waals surface area contributed by atoms with E-state index in [1.807, 2.05) is 11.4 Å². The second-order valence-electron chi connectivity index (χ2n) is 4.19. The first kappa shape index (κ1) is 14.8. The van der Waals surface area contributed by atoms with Crippen molar-refractivity contribution in [3.05, 3.63) is 34.5 Å². The highest BCUT2D eigenvalue weighted by atomic mass is 32.2. The largest absolute Gasteiger partial charge is 0.352 e. The van der Waals surface area contributed by atoms with Crippen molar-refractivity contribution in [1.29, 1.82) is 0 Å². The SMILES string of the molecule is C=CCNC(=O)C(C)Sc1nc2ccsc2c(=O)n1C. The summed E-state index contributed by atoms with van der Waals surface area (Å²) in [5.74, 6) is -0.102. The monoisotopic (exact) mass is 309 g/mol. The van der Waals surface area contributed by atoms with Crippen molar-refractivity contribution in [2.75, 3.05) is 6.54 Å². The molecule has 0 bridgehead atoms. The van der Waals surface area contributed by atoms with Gasteiger partial charge in [-0.1, -0.05) is 17.8 Å². The Balaban J connectivity index is 2.25. The van der Waals surface area contributed by atoms with E-state index < -0.39 is 0 Å². The number of carbonyl (C=O) groups is 1. The lowest BCUT2D eigenvalue weighted by molar-refractivity contribution is -0.120. The zero-order chi connectivity index (χ0) is 14.7. The molecule has 0 aliphatic rings. The van der Waals surface area contributed by atoms with Crippen LogP contribution < -0.4 is 10.9 Å². The molecular formula is C13H15N3O2S2. The molecule has 0 spiro atoms. The van der Waals surface area contributed by atoms with E-state index in [0.29, 0.717) is 21.9 Å². The minimum atomic E-state index is -0.330. The fourth-order valence-electron chi connectivity index (χ4n) is 1.60. The van der Waals surface area contributed by atoms with Crippen LogP contribution in [0.15, 0.2) is 34.1 Å². The number of thioether (sulfide) groups is 1. The Morgan fingerprint density at radius 3 is 3.15 bits per heavy atom. The summed E-state index contributed by atoms with van der Waals surface area (Å²) < 4.78 is 2.13. The number of amides is 1. The van der Waals surface area contributed by atoms with Crippen LogP contribution in [-0.2, 0) is 11.8 Å². The number of fused-ring (bicyclic) bond motifs is 1. The van der Waals surface area contributed by atoms with E-state index in [2.05, 4.69) is 16.9 Å². The van der Waals surface area contributed by atoms with Crippen molar-refractivity contribution in [3.63, 3.8) is 0 Å². The molecular weight excluding hydrogens is 294 g/mol. The fraction of sp³-hybridized carbons (Fsp3) is 0.308. The van der Waals surface area contributed by atoms with Gasteiger partial charge in [0.25, 0.3) is 5.56 Å². The fourth-order valence-corrected chi connectivity index (χ4v) is 3.31. The number of hydrogen-bond donors (Lipinski definition) is 1. The number of thiophene rings is 1. The van der Waals surface area contributed by atoms with Crippen LogP contribution in [0.1, 0.15) is 6.92 Å². The highest BCUT2D eigenvalue weighted by molar-refractivity contribution is 8.00. The first-order valence-electron chi connectivity index (χ1n) is 6.04. The number of nitrogens with one attached hydrogen (secondary N) is 1. The number of nitrogens with zero attached hydrogens (tertiary/aromatic N) is 2. The first-order chi connectivity index (χ1) is 9.54. The maximum atomic E-state index is 12.1. The van der Waals surface area contributed by atoms with E-state index in [0.717, 1.165) is 0 Å². The van der Waals surface area contributed by atoms with E-state index in [1.165, 1.54) is 27.7 Å². The summed E-state index contributed by atoms with van der Waals surface area (Å²) in [5, 5.41) is 4.78. The van der Waals surface area contributed by atoms with Crippen molar-refractivity contribution < 1.29 is 4.79 Å². The van der Waals surface area contributed by atoms with Gasteiger partial charge in [-0.25, -0.2) is 4.98 Å². The second kappa shape index (κ2) is 6.23. The Kier molecular flexibility index (Phi) is 4.61. The van der Waals surface area contributed by atoms with Crippen LogP contribution in [0.4, 0.5) is 0 Å². The summed E-state index contributed by atoms with van der Waals surface area (Å²) >= 11 is 2.65. The highest BCUT2D eigenvalue weighted by Crippen LogP contribution is 2.23. The maximum Gasteiger partial charge on any atom is 0.271 e. The van der Waals surface area contributed by atoms with Gasteiger partial charge in [-0.05, 0) is 18.4 Å². The molecule has 1 atom stereocenters. The van der Waals surface area contributed by atoms with Crippen molar-refractivity contribution in [2.24, 2.45) is 7.05 Å². The zero-order valence-electron chi connectivity index (χ0n) is 11.3. The summed E-state index contributed by atoms with van der Waals surface area (Å²) in [7, 11) is 1.67. The Labute approximate surface area is 124 Å². The van der Waals surface area contributed by atoms with Gasteiger partial charge in [-0.2, -0.15) is 0 Å². The van der Waals surface area contributed by atoms with Crippen molar-refractivity contribution in [2.45, 2.75) is 17.3 Å². The molecule has 1 N–H and O–H groups in total. The third-order valence-electron chi connectivity index (χ3n) is 2.72. The summed E-state index contributed by atoms with van der Waals surface area (Å²) in [6, 6.07) is 1.81. The molecule has 1 unspecified atom stereocenters. The van der Waals surface area contributed by atoms with Gasteiger partial charge in [-0.3, -0.25) is 14.2 Å². The molecule has 0 aliphatic heterocycles. The van der Waals surface area contributed by atoms with E-state index in [4.69, 9.17) is 0 Å². The molecule has 106 valence electrons. The van der Waals surface area contributed by atoms with Gasteiger partial charge in [0.2, 0.25) is 5.91 Å². The first-order valence-corrected chi connectivity index (χ1v) is 7.80. The molecule has 0 saturated heterocycles. The standard InChI is InChI=1S/C13H15N3O2S2/c1-4-6-14-11(17)8(2)20-13-15-9-5-7-19-10(9)12(18)16(13)3/h4-5,7-8H,1,6H2,2-3H3,(H,14,17). The molecule has 2 aromatic rings. The third-order valence-corrected chi connectivity index (χ3v) is 4.75. The smallest absolute Gasteiger partial charge is 0.271 e. The Hall–Kier alpha value is -1.60. The van der Waals surface area contributed by atoms with Crippen LogP contribution in [-0.4, -0.2) is 27.3 Å². The van der Waals surface area contributed by atoms with Gasteiger partial charge in [0.1, 0.15) is 4.70 Å². The van der Waals surface area contributed by atoms with Crippen molar-refractivity contribution >= 4 is 39.2 Å². The molecule has 0 aromatic carbocycles. The highest BCUT2D eigenvalue weighted by Gasteiger charge is 2.17. The molecule has 1 amide bonds. The van der Waals surface area contributed by atoms with Gasteiger partial charge < -0.3 is 5.32 Å². The van der Waals surface area contributed by atoms with Crippen LogP contribution in [0.3, 0.4) is 0 Å². The molecule has 2 heterocycles. The van der Waals surface area contributed by atoms with Crippen LogP contribution in [0.2, 0.25) is 0 Å². The quantitative estimate of drug-likeness (QED) is 0.519. The number of hydrogen-bond acceptors (Lipinski definition) is 5. The van der Waals surface area contributed by atoms with Crippen LogP contribution in [0.25, 0.3) is 10.2 Å². The molecule has 2 rings (SSSR count). The summed E-state index contributed by atoms with van der Waals surface area (Å²) in [6.07, 6.45) is 1.63. The van der Waals surface area contributed by atoms with E-state index in [-0.39, 0.29) is 16.7 Å².